The SMILES string of the molecule is CCCC1C(CC)CCC2C1CCC1(C)C2CC(C)C1C(=O)Cn1cc(C(F)(F)F)cn1. The van der Waals surface area contributed by atoms with Crippen LogP contribution >= 0.6 is 0 Å². The Morgan fingerprint density at radius 1 is 1.22 bits per heavy atom. The van der Waals surface area contributed by atoms with E-state index in [-0.39, 0.29) is 29.6 Å². The summed E-state index contributed by atoms with van der Waals surface area (Å²) in [5.41, 5.74) is -0.822. The molecule has 32 heavy (non-hydrogen) atoms. The number of halogens is 3. The van der Waals surface area contributed by atoms with E-state index in [1.165, 1.54) is 43.2 Å². The predicted octanol–water partition coefficient (Wildman–Crippen LogP) is 7.01. The van der Waals surface area contributed by atoms with Gasteiger partial charge in [-0.15, -0.1) is 0 Å². The van der Waals surface area contributed by atoms with Crippen molar-refractivity contribution in [2.75, 3.05) is 0 Å². The molecule has 0 aliphatic heterocycles. The van der Waals surface area contributed by atoms with Crippen molar-refractivity contribution >= 4 is 5.78 Å². The Kier molecular flexibility index (Phi) is 6.54. The molecule has 0 radical (unpaired) electrons. The summed E-state index contributed by atoms with van der Waals surface area (Å²) in [5, 5.41) is 3.84. The molecule has 3 fully saturated rings. The largest absolute Gasteiger partial charge is 0.419 e. The number of ketones is 1. The van der Waals surface area contributed by atoms with Gasteiger partial charge in [0.2, 0.25) is 0 Å². The van der Waals surface area contributed by atoms with Crippen LogP contribution in [0.3, 0.4) is 0 Å². The number of hydrogen-bond donors (Lipinski definition) is 0. The van der Waals surface area contributed by atoms with E-state index < -0.39 is 11.7 Å². The van der Waals surface area contributed by atoms with Gasteiger partial charge in [-0.2, -0.15) is 18.3 Å². The number of rotatable bonds is 6. The highest BCUT2D eigenvalue weighted by Crippen LogP contribution is 2.65. The van der Waals surface area contributed by atoms with Crippen molar-refractivity contribution in [2.45, 2.75) is 91.8 Å². The van der Waals surface area contributed by atoms with E-state index >= 15 is 0 Å². The first-order valence-electron chi connectivity index (χ1n) is 12.7. The van der Waals surface area contributed by atoms with Crippen LogP contribution in [0.2, 0.25) is 0 Å². The smallest absolute Gasteiger partial charge is 0.297 e. The zero-order valence-electron chi connectivity index (χ0n) is 20.0. The lowest BCUT2D eigenvalue weighted by Gasteiger charge is -2.54. The lowest BCUT2D eigenvalue weighted by molar-refractivity contribution is -0.138. The molecule has 8 atom stereocenters. The molecular formula is C26H39F3N2O. The molecule has 3 aliphatic carbocycles. The Labute approximate surface area is 190 Å². The van der Waals surface area contributed by atoms with E-state index in [2.05, 4.69) is 32.8 Å². The van der Waals surface area contributed by atoms with Gasteiger partial charge < -0.3 is 0 Å². The normalized spacial score (nSPS) is 39.5. The van der Waals surface area contributed by atoms with Crippen LogP contribution in [0.4, 0.5) is 13.2 Å². The third kappa shape index (κ3) is 4.04. The fraction of sp³-hybridized carbons (Fsp3) is 0.846. The molecule has 0 aromatic carbocycles. The average Bonchev–Trinajstić information content (AvgIpc) is 3.29. The van der Waals surface area contributed by atoms with Gasteiger partial charge in [-0.25, -0.2) is 0 Å². The van der Waals surface area contributed by atoms with Gasteiger partial charge in [0, 0.05) is 12.1 Å². The number of carbonyl (C=O) groups is 1. The lowest BCUT2D eigenvalue weighted by Crippen LogP contribution is -2.48. The molecule has 1 aromatic heterocycles. The number of nitrogens with zero attached hydrogens (tertiary/aromatic N) is 2. The van der Waals surface area contributed by atoms with Crippen molar-refractivity contribution in [2.24, 2.45) is 46.8 Å². The molecule has 0 N–H and O–H groups in total. The Morgan fingerprint density at radius 2 is 1.97 bits per heavy atom. The van der Waals surface area contributed by atoms with E-state index in [9.17, 15) is 18.0 Å². The number of aromatic nitrogens is 2. The van der Waals surface area contributed by atoms with Gasteiger partial charge in [-0.3, -0.25) is 9.48 Å². The zero-order chi connectivity index (χ0) is 23.3. The molecule has 0 bridgehead atoms. The van der Waals surface area contributed by atoms with Gasteiger partial charge in [0.1, 0.15) is 0 Å². The summed E-state index contributed by atoms with van der Waals surface area (Å²) in [7, 11) is 0. The molecule has 0 amide bonds. The zero-order valence-corrected chi connectivity index (χ0v) is 20.0. The van der Waals surface area contributed by atoms with Crippen molar-refractivity contribution in [1.82, 2.24) is 9.78 Å². The topological polar surface area (TPSA) is 34.9 Å². The third-order valence-corrected chi connectivity index (χ3v) is 9.63. The van der Waals surface area contributed by atoms with Gasteiger partial charge in [0.05, 0.1) is 18.3 Å². The lowest BCUT2D eigenvalue weighted by atomic mass is 9.50. The van der Waals surface area contributed by atoms with Gasteiger partial charge in [-0.05, 0) is 73.0 Å². The number of fused-ring (bicyclic) bond motifs is 3. The highest BCUT2D eigenvalue weighted by Gasteiger charge is 2.60. The molecule has 6 heteroatoms. The molecular weight excluding hydrogens is 413 g/mol. The van der Waals surface area contributed by atoms with Gasteiger partial charge >= 0.3 is 6.18 Å². The van der Waals surface area contributed by atoms with Crippen molar-refractivity contribution < 1.29 is 18.0 Å². The number of carbonyl (C=O) groups excluding carboxylic acids is 1. The van der Waals surface area contributed by atoms with Crippen LogP contribution in [0.25, 0.3) is 0 Å². The van der Waals surface area contributed by atoms with Gasteiger partial charge in [-0.1, -0.05) is 47.0 Å². The Hall–Kier alpha value is -1.33. The minimum Gasteiger partial charge on any atom is -0.297 e. The molecule has 0 saturated heterocycles. The fourth-order valence-corrected chi connectivity index (χ4v) is 8.43. The van der Waals surface area contributed by atoms with Crippen molar-refractivity contribution in [3.05, 3.63) is 18.0 Å². The third-order valence-electron chi connectivity index (χ3n) is 9.63. The molecule has 3 saturated carbocycles. The van der Waals surface area contributed by atoms with E-state index in [1.807, 2.05) is 0 Å². The summed E-state index contributed by atoms with van der Waals surface area (Å²) in [6.45, 7) is 9.08. The number of hydrogen-bond acceptors (Lipinski definition) is 2. The van der Waals surface area contributed by atoms with Gasteiger partial charge in [0.25, 0.3) is 0 Å². The van der Waals surface area contributed by atoms with Crippen LogP contribution in [-0.4, -0.2) is 15.6 Å². The Balaban J connectivity index is 1.52. The van der Waals surface area contributed by atoms with Crippen LogP contribution < -0.4 is 0 Å². The van der Waals surface area contributed by atoms with Crippen molar-refractivity contribution in [1.29, 1.82) is 0 Å². The van der Waals surface area contributed by atoms with Gasteiger partial charge in [0.15, 0.2) is 5.78 Å². The first-order valence-corrected chi connectivity index (χ1v) is 12.7. The molecule has 3 aliphatic rings. The van der Waals surface area contributed by atoms with Crippen LogP contribution in [0, 0.1) is 46.8 Å². The van der Waals surface area contributed by atoms with Crippen LogP contribution in [0.15, 0.2) is 12.4 Å². The summed E-state index contributed by atoms with van der Waals surface area (Å²) in [4.78, 5) is 13.4. The maximum Gasteiger partial charge on any atom is 0.419 e. The minimum atomic E-state index is -4.43. The molecule has 1 aromatic rings. The molecule has 8 unspecified atom stereocenters. The first kappa shape index (κ1) is 23.8. The van der Waals surface area contributed by atoms with E-state index in [1.54, 1.807) is 0 Å². The number of Topliss-reactive ketones (excluding diaryl/α,β-unsaturated/α-hetero) is 1. The standard InChI is InChI=1S/C26H39F3N2O/c1-5-7-19-17(6-2)8-9-21-20(19)10-11-25(4)22(21)12-16(3)24(25)23(32)15-31-14-18(13-30-31)26(27,28)29/h13-14,16-17,19-22,24H,5-12,15H2,1-4H3. The second-order valence-electron chi connectivity index (χ2n) is 11.3. The highest BCUT2D eigenvalue weighted by atomic mass is 19.4. The molecule has 3 nitrogen and oxygen atoms in total. The monoisotopic (exact) mass is 452 g/mol. The molecule has 4 rings (SSSR count). The van der Waals surface area contributed by atoms with E-state index in [0.717, 1.165) is 43.0 Å². The second-order valence-corrected chi connectivity index (χ2v) is 11.3. The summed E-state index contributed by atoms with van der Waals surface area (Å²) in [6, 6.07) is 0. The maximum atomic E-state index is 13.4. The van der Waals surface area contributed by atoms with Crippen LogP contribution in [0.5, 0.6) is 0 Å². The summed E-state index contributed by atoms with van der Waals surface area (Å²) < 4.78 is 40.0. The second kappa shape index (κ2) is 8.79. The number of alkyl halides is 3. The quantitative estimate of drug-likeness (QED) is 0.465. The Bertz CT molecular complexity index is 818. The van der Waals surface area contributed by atoms with Crippen LogP contribution in [0.1, 0.15) is 84.6 Å². The predicted molar refractivity (Wildman–Crippen MR) is 119 cm³/mol. The van der Waals surface area contributed by atoms with Crippen molar-refractivity contribution in [3.63, 3.8) is 0 Å². The summed E-state index contributed by atoms with van der Waals surface area (Å²) in [6.07, 6.45) is 7.16. The summed E-state index contributed by atoms with van der Waals surface area (Å²) in [5.74, 6) is 3.98. The summed E-state index contributed by atoms with van der Waals surface area (Å²) >= 11 is 0. The van der Waals surface area contributed by atoms with Crippen LogP contribution in [-0.2, 0) is 17.5 Å². The maximum absolute atomic E-state index is 13.4. The fourth-order valence-electron chi connectivity index (χ4n) is 8.43. The molecule has 180 valence electrons. The van der Waals surface area contributed by atoms with E-state index in [4.69, 9.17) is 0 Å². The molecule has 0 spiro atoms. The highest BCUT2D eigenvalue weighted by molar-refractivity contribution is 5.82. The first-order chi connectivity index (χ1) is 15.1. The van der Waals surface area contributed by atoms with E-state index in [0.29, 0.717) is 11.8 Å². The Morgan fingerprint density at radius 3 is 2.59 bits per heavy atom. The minimum absolute atomic E-state index is 0.0342. The van der Waals surface area contributed by atoms with Crippen molar-refractivity contribution in [3.8, 4) is 0 Å². The average molecular weight is 453 g/mol. The molecule has 1 heterocycles.